The van der Waals surface area contributed by atoms with E-state index < -0.39 is 5.97 Å². The Kier molecular flexibility index (Phi) is 6.66. The van der Waals surface area contributed by atoms with Crippen molar-refractivity contribution in [2.45, 2.75) is 38.6 Å². The zero-order valence-electron chi connectivity index (χ0n) is 17.5. The number of esters is 1. The van der Waals surface area contributed by atoms with Crippen LogP contribution in [0, 0.1) is 0 Å². The Balaban J connectivity index is 1.58. The molecule has 0 N–H and O–H groups in total. The molecule has 1 saturated heterocycles. The maximum Gasteiger partial charge on any atom is 0.339 e. The lowest BCUT2D eigenvalue weighted by Gasteiger charge is -2.35. The van der Waals surface area contributed by atoms with E-state index in [1.807, 2.05) is 53.4 Å². The highest BCUT2D eigenvalue weighted by Gasteiger charge is 2.26. The van der Waals surface area contributed by atoms with Crippen molar-refractivity contribution >= 4 is 38.7 Å². The van der Waals surface area contributed by atoms with E-state index in [2.05, 4.69) is 22.9 Å². The second-order valence-corrected chi connectivity index (χ2v) is 8.72. The smallest absolute Gasteiger partial charge is 0.339 e. The first-order chi connectivity index (χ1) is 15.1. The number of halogens is 1. The third-order valence-corrected chi connectivity index (χ3v) is 6.35. The van der Waals surface area contributed by atoms with E-state index in [1.54, 1.807) is 6.07 Å². The van der Waals surface area contributed by atoms with Crippen molar-refractivity contribution in [2.24, 2.45) is 0 Å². The first-order valence-corrected chi connectivity index (χ1v) is 11.5. The van der Waals surface area contributed by atoms with Crippen molar-refractivity contribution in [1.29, 1.82) is 0 Å². The highest BCUT2D eigenvalue weighted by molar-refractivity contribution is 9.10. The molecule has 3 aromatic rings. The van der Waals surface area contributed by atoms with Gasteiger partial charge in [0.25, 0.3) is 5.91 Å². The van der Waals surface area contributed by atoms with Crippen LogP contribution >= 0.6 is 15.9 Å². The van der Waals surface area contributed by atoms with Gasteiger partial charge in [0.2, 0.25) is 0 Å². The molecule has 1 aromatic heterocycles. The molecule has 0 spiro atoms. The molecule has 1 amide bonds. The van der Waals surface area contributed by atoms with Crippen LogP contribution in [0.15, 0.2) is 59.1 Å². The van der Waals surface area contributed by atoms with Gasteiger partial charge < -0.3 is 9.64 Å². The third kappa shape index (κ3) is 4.79. The Morgan fingerprint density at radius 3 is 2.68 bits per heavy atom. The minimum Gasteiger partial charge on any atom is -0.452 e. The predicted octanol–water partition coefficient (Wildman–Crippen LogP) is 5.61. The maximum atomic E-state index is 13.0. The first kappa shape index (κ1) is 21.5. The van der Waals surface area contributed by atoms with Crippen molar-refractivity contribution < 1.29 is 14.3 Å². The highest BCUT2D eigenvalue weighted by atomic mass is 79.9. The van der Waals surface area contributed by atoms with Crippen LogP contribution in [0.25, 0.3) is 22.2 Å². The maximum absolute atomic E-state index is 13.0. The van der Waals surface area contributed by atoms with E-state index in [0.29, 0.717) is 22.2 Å². The van der Waals surface area contributed by atoms with Crippen molar-refractivity contribution in [3.63, 3.8) is 0 Å². The van der Waals surface area contributed by atoms with E-state index in [-0.39, 0.29) is 18.6 Å². The van der Waals surface area contributed by atoms with Crippen LogP contribution in [-0.4, -0.2) is 41.0 Å². The number of benzene rings is 2. The molecule has 1 fully saturated rings. The number of piperidine rings is 1. The fourth-order valence-corrected chi connectivity index (χ4v) is 4.42. The summed E-state index contributed by atoms with van der Waals surface area (Å²) in [7, 11) is 0. The highest BCUT2D eigenvalue weighted by Crippen LogP contribution is 2.27. The SMILES string of the molecule is CCC1CCCCN1C(=O)COC(=O)c1cc(-c2ccc(Br)cc2)nc2ccccc12. The largest absolute Gasteiger partial charge is 0.452 e. The van der Waals surface area contributed by atoms with Gasteiger partial charge >= 0.3 is 5.97 Å². The van der Waals surface area contributed by atoms with Gasteiger partial charge in [-0.15, -0.1) is 0 Å². The summed E-state index contributed by atoms with van der Waals surface area (Å²) in [4.78, 5) is 32.3. The summed E-state index contributed by atoms with van der Waals surface area (Å²) in [5.41, 5.74) is 2.72. The summed E-state index contributed by atoms with van der Waals surface area (Å²) >= 11 is 3.44. The van der Waals surface area contributed by atoms with Crippen molar-refractivity contribution in [1.82, 2.24) is 9.88 Å². The van der Waals surface area contributed by atoms with Gasteiger partial charge in [-0.3, -0.25) is 4.79 Å². The number of aromatic nitrogens is 1. The topological polar surface area (TPSA) is 59.5 Å². The zero-order valence-corrected chi connectivity index (χ0v) is 19.1. The van der Waals surface area contributed by atoms with Gasteiger partial charge in [-0.05, 0) is 49.9 Å². The number of nitrogens with zero attached hydrogens (tertiary/aromatic N) is 2. The molecule has 0 radical (unpaired) electrons. The van der Waals surface area contributed by atoms with Crippen LogP contribution in [0.1, 0.15) is 43.0 Å². The van der Waals surface area contributed by atoms with E-state index in [9.17, 15) is 9.59 Å². The quantitative estimate of drug-likeness (QED) is 0.445. The van der Waals surface area contributed by atoms with Gasteiger partial charge in [0.05, 0.1) is 16.8 Å². The number of amides is 1. The molecule has 2 aromatic carbocycles. The Bertz CT molecular complexity index is 1100. The second kappa shape index (κ2) is 9.60. The van der Waals surface area contributed by atoms with Crippen molar-refractivity contribution in [3.05, 3.63) is 64.6 Å². The Hall–Kier alpha value is -2.73. The van der Waals surface area contributed by atoms with E-state index in [0.717, 1.165) is 42.3 Å². The number of fused-ring (bicyclic) bond motifs is 1. The average molecular weight is 481 g/mol. The molecular formula is C25H25BrN2O3. The summed E-state index contributed by atoms with van der Waals surface area (Å²) in [5, 5.41) is 0.713. The number of pyridine rings is 1. The van der Waals surface area contributed by atoms with Gasteiger partial charge in [0.1, 0.15) is 0 Å². The number of likely N-dealkylation sites (tertiary alicyclic amines) is 1. The minimum atomic E-state index is -0.504. The number of rotatable bonds is 5. The lowest BCUT2D eigenvalue weighted by atomic mass is 10.00. The van der Waals surface area contributed by atoms with Gasteiger partial charge in [-0.2, -0.15) is 0 Å². The summed E-state index contributed by atoms with van der Waals surface area (Å²) < 4.78 is 6.46. The summed E-state index contributed by atoms with van der Waals surface area (Å²) in [6.07, 6.45) is 4.08. The molecular weight excluding hydrogens is 456 g/mol. The molecule has 1 aliphatic rings. The summed E-state index contributed by atoms with van der Waals surface area (Å²) in [6, 6.07) is 17.2. The molecule has 6 heteroatoms. The van der Waals surface area contributed by atoms with Crippen LogP contribution < -0.4 is 0 Å². The van der Waals surface area contributed by atoms with Gasteiger partial charge in [-0.25, -0.2) is 9.78 Å². The number of carbonyl (C=O) groups excluding carboxylic acids is 2. The molecule has 1 aliphatic heterocycles. The molecule has 160 valence electrons. The van der Waals surface area contributed by atoms with Gasteiger partial charge in [0.15, 0.2) is 6.61 Å². The predicted molar refractivity (Wildman–Crippen MR) is 125 cm³/mol. The first-order valence-electron chi connectivity index (χ1n) is 10.7. The van der Waals surface area contributed by atoms with Crippen LogP contribution in [0.3, 0.4) is 0 Å². The molecule has 31 heavy (non-hydrogen) atoms. The molecule has 0 saturated carbocycles. The number of carbonyl (C=O) groups is 2. The molecule has 4 rings (SSSR count). The molecule has 1 atom stereocenters. The number of para-hydroxylation sites is 1. The normalized spacial score (nSPS) is 16.3. The number of hydrogen-bond donors (Lipinski definition) is 0. The summed E-state index contributed by atoms with van der Waals surface area (Å²) in [5.74, 6) is -0.623. The van der Waals surface area contributed by atoms with E-state index >= 15 is 0 Å². The lowest BCUT2D eigenvalue weighted by molar-refractivity contribution is -0.138. The zero-order chi connectivity index (χ0) is 21.8. The van der Waals surface area contributed by atoms with E-state index in [4.69, 9.17) is 9.72 Å². The van der Waals surface area contributed by atoms with Crippen LogP contribution in [-0.2, 0) is 9.53 Å². The van der Waals surface area contributed by atoms with Gasteiger partial charge in [-0.1, -0.05) is 53.2 Å². The molecule has 2 heterocycles. The Labute approximate surface area is 190 Å². The standard InChI is InChI=1S/C25H25BrN2O3/c1-2-19-7-5-6-14-28(19)24(29)16-31-25(30)21-15-23(17-10-12-18(26)13-11-17)27-22-9-4-3-8-20(21)22/h3-4,8-13,15,19H,2,5-7,14,16H2,1H3. The van der Waals surface area contributed by atoms with Crippen molar-refractivity contribution in [2.75, 3.05) is 13.2 Å². The van der Waals surface area contributed by atoms with Crippen molar-refractivity contribution in [3.8, 4) is 11.3 Å². The monoisotopic (exact) mass is 480 g/mol. The molecule has 5 nitrogen and oxygen atoms in total. The van der Waals surface area contributed by atoms with E-state index in [1.165, 1.54) is 0 Å². The number of ether oxygens (including phenoxy) is 1. The Morgan fingerprint density at radius 1 is 1.13 bits per heavy atom. The molecule has 1 unspecified atom stereocenters. The van der Waals surface area contributed by atoms with Crippen LogP contribution in [0.5, 0.6) is 0 Å². The fraction of sp³-hybridized carbons (Fsp3) is 0.320. The van der Waals surface area contributed by atoms with Crippen LogP contribution in [0.2, 0.25) is 0 Å². The second-order valence-electron chi connectivity index (χ2n) is 7.80. The van der Waals surface area contributed by atoms with Crippen LogP contribution in [0.4, 0.5) is 0 Å². The average Bonchev–Trinajstić information content (AvgIpc) is 2.82. The molecule has 0 aliphatic carbocycles. The third-order valence-electron chi connectivity index (χ3n) is 5.82. The number of hydrogen-bond acceptors (Lipinski definition) is 4. The Morgan fingerprint density at radius 2 is 1.90 bits per heavy atom. The fourth-order valence-electron chi connectivity index (χ4n) is 4.15. The lowest BCUT2D eigenvalue weighted by Crippen LogP contribution is -2.45. The van der Waals surface area contributed by atoms with Gasteiger partial charge in [0, 0.05) is 28.0 Å². The molecule has 0 bridgehead atoms. The summed E-state index contributed by atoms with van der Waals surface area (Å²) in [6.45, 7) is 2.59. The minimum absolute atomic E-state index is 0.119.